The molecule has 1 aliphatic carbocycles. The molecule has 1 aliphatic rings. The van der Waals surface area contributed by atoms with Gasteiger partial charge in [-0.1, -0.05) is 37.3 Å². The zero-order chi connectivity index (χ0) is 13.9. The van der Waals surface area contributed by atoms with Gasteiger partial charge in [0.2, 0.25) is 10.0 Å². The minimum absolute atomic E-state index is 0.00318. The fourth-order valence-corrected chi connectivity index (χ4v) is 4.36. The van der Waals surface area contributed by atoms with Crippen molar-refractivity contribution in [3.05, 3.63) is 21.9 Å². The first-order chi connectivity index (χ1) is 8.99. The van der Waals surface area contributed by atoms with Crippen LogP contribution in [0.1, 0.15) is 32.1 Å². The summed E-state index contributed by atoms with van der Waals surface area (Å²) < 4.78 is 27.4. The van der Waals surface area contributed by atoms with Crippen LogP contribution >= 0.6 is 27.5 Å². The minimum atomic E-state index is -3.58. The predicted molar refractivity (Wildman–Crippen MR) is 78.7 cm³/mol. The zero-order valence-electron chi connectivity index (χ0n) is 10.4. The number of sulfonamides is 1. The molecule has 0 atom stereocenters. The van der Waals surface area contributed by atoms with E-state index in [2.05, 4.69) is 25.6 Å². The van der Waals surface area contributed by atoms with Crippen molar-refractivity contribution in [3.63, 3.8) is 0 Å². The van der Waals surface area contributed by atoms with E-state index >= 15 is 0 Å². The number of hydrogen-bond donors (Lipinski definition) is 1. The van der Waals surface area contributed by atoms with Crippen LogP contribution in [0.4, 0.5) is 0 Å². The number of halogens is 2. The first-order valence-corrected chi connectivity index (χ1v) is 8.95. The number of rotatable bonds is 5. The van der Waals surface area contributed by atoms with Crippen LogP contribution in [0.25, 0.3) is 0 Å². The molecule has 0 saturated heterocycles. The van der Waals surface area contributed by atoms with E-state index in [-0.39, 0.29) is 10.0 Å². The minimum Gasteiger partial charge on any atom is -0.242 e. The Morgan fingerprint density at radius 2 is 2.11 bits per heavy atom. The highest BCUT2D eigenvalue weighted by molar-refractivity contribution is 9.10. The first kappa shape index (κ1) is 15.2. The summed E-state index contributed by atoms with van der Waals surface area (Å²) in [7, 11) is -3.58. The average Bonchev–Trinajstić information content (AvgIpc) is 2.85. The van der Waals surface area contributed by atoms with Gasteiger partial charge in [0.25, 0.3) is 0 Å². The Hall–Kier alpha value is -0.170. The lowest BCUT2D eigenvalue weighted by molar-refractivity contribution is 0.495. The van der Waals surface area contributed by atoms with Gasteiger partial charge in [0, 0.05) is 17.2 Å². The van der Waals surface area contributed by atoms with Gasteiger partial charge in [-0.05, 0) is 34.3 Å². The summed E-state index contributed by atoms with van der Waals surface area (Å²) in [5.41, 5.74) is 0. The maximum Gasteiger partial charge on any atom is 0.243 e. The number of pyridine rings is 1. The fraction of sp³-hybridized carbons (Fsp3) is 0.583. The summed E-state index contributed by atoms with van der Waals surface area (Å²) in [6.45, 7) is 0.454. The Kier molecular flexibility index (Phi) is 5.22. The molecule has 106 valence electrons. The molecule has 1 N–H and O–H groups in total. The quantitative estimate of drug-likeness (QED) is 0.812. The summed E-state index contributed by atoms with van der Waals surface area (Å²) in [5, 5.41) is -0.00318. The number of hydrogen-bond acceptors (Lipinski definition) is 3. The predicted octanol–water partition coefficient (Wildman–Crippen LogP) is 3.36. The molecule has 7 heteroatoms. The summed E-state index contributed by atoms with van der Waals surface area (Å²) in [5.74, 6) is 0.652. The van der Waals surface area contributed by atoms with Gasteiger partial charge < -0.3 is 0 Å². The summed E-state index contributed by atoms with van der Waals surface area (Å²) in [6.07, 6.45) is 7.30. The zero-order valence-corrected chi connectivity index (χ0v) is 13.6. The van der Waals surface area contributed by atoms with Crippen LogP contribution in [0.2, 0.25) is 5.15 Å². The van der Waals surface area contributed by atoms with Crippen LogP contribution in [0, 0.1) is 5.92 Å². The Balaban J connectivity index is 1.99. The van der Waals surface area contributed by atoms with Crippen molar-refractivity contribution in [3.8, 4) is 0 Å². The van der Waals surface area contributed by atoms with E-state index in [4.69, 9.17) is 11.6 Å². The largest absolute Gasteiger partial charge is 0.243 e. The van der Waals surface area contributed by atoms with Gasteiger partial charge in [0.05, 0.1) is 0 Å². The second kappa shape index (κ2) is 6.52. The Bertz CT molecular complexity index is 545. The molecular weight excluding hydrogens is 352 g/mol. The van der Waals surface area contributed by atoms with Gasteiger partial charge in [-0.3, -0.25) is 0 Å². The lowest BCUT2D eigenvalue weighted by Crippen LogP contribution is -2.26. The highest BCUT2D eigenvalue weighted by Crippen LogP contribution is 2.27. The second-order valence-corrected chi connectivity index (χ2v) is 7.79. The third kappa shape index (κ3) is 4.15. The van der Waals surface area contributed by atoms with Crippen molar-refractivity contribution in [1.82, 2.24) is 9.71 Å². The van der Waals surface area contributed by atoms with Gasteiger partial charge in [0.15, 0.2) is 0 Å². The Labute approximate surface area is 127 Å². The normalized spacial score (nSPS) is 16.9. The van der Waals surface area contributed by atoms with Crippen LogP contribution in [0.3, 0.4) is 0 Å². The molecule has 19 heavy (non-hydrogen) atoms. The monoisotopic (exact) mass is 366 g/mol. The van der Waals surface area contributed by atoms with Crippen LogP contribution in [-0.2, 0) is 10.0 Å². The maximum absolute atomic E-state index is 12.1. The molecule has 0 aromatic carbocycles. The molecular formula is C12H16BrClN2O2S. The molecule has 0 bridgehead atoms. The van der Waals surface area contributed by atoms with E-state index in [1.165, 1.54) is 37.9 Å². The Morgan fingerprint density at radius 1 is 1.42 bits per heavy atom. The Morgan fingerprint density at radius 3 is 2.79 bits per heavy atom. The van der Waals surface area contributed by atoms with Crippen molar-refractivity contribution in [2.45, 2.75) is 37.0 Å². The highest BCUT2D eigenvalue weighted by atomic mass is 79.9. The maximum atomic E-state index is 12.1. The highest BCUT2D eigenvalue weighted by Gasteiger charge is 2.20. The van der Waals surface area contributed by atoms with Crippen LogP contribution < -0.4 is 4.72 Å². The van der Waals surface area contributed by atoms with Gasteiger partial charge in [-0.15, -0.1) is 0 Å². The van der Waals surface area contributed by atoms with Crippen LogP contribution in [0.5, 0.6) is 0 Å². The van der Waals surface area contributed by atoms with Gasteiger partial charge in [0.1, 0.15) is 10.0 Å². The molecule has 0 radical (unpaired) electrons. The standard InChI is InChI=1S/C12H16BrClN2O2S/c13-10-7-11(12(14)15-8-10)19(17,18)16-6-5-9-3-1-2-4-9/h7-9,16H,1-6H2. The van der Waals surface area contributed by atoms with E-state index in [0.717, 1.165) is 6.42 Å². The molecule has 0 aliphatic heterocycles. The number of nitrogens with one attached hydrogen (secondary N) is 1. The fourth-order valence-electron chi connectivity index (χ4n) is 2.37. The van der Waals surface area contributed by atoms with E-state index in [1.54, 1.807) is 0 Å². The molecule has 4 nitrogen and oxygen atoms in total. The molecule has 0 unspecified atom stereocenters. The molecule has 0 amide bonds. The van der Waals surface area contributed by atoms with E-state index in [1.807, 2.05) is 0 Å². The molecule has 1 heterocycles. The van der Waals surface area contributed by atoms with Crippen LogP contribution in [0.15, 0.2) is 21.6 Å². The van der Waals surface area contributed by atoms with E-state index in [0.29, 0.717) is 16.9 Å². The van der Waals surface area contributed by atoms with E-state index in [9.17, 15) is 8.42 Å². The smallest absolute Gasteiger partial charge is 0.242 e. The number of nitrogens with zero attached hydrogens (tertiary/aromatic N) is 1. The van der Waals surface area contributed by atoms with Gasteiger partial charge in [-0.25, -0.2) is 18.1 Å². The van der Waals surface area contributed by atoms with Crippen molar-refractivity contribution in [2.24, 2.45) is 5.92 Å². The van der Waals surface area contributed by atoms with Gasteiger partial charge in [-0.2, -0.15) is 0 Å². The molecule has 1 aromatic heterocycles. The van der Waals surface area contributed by atoms with Crippen molar-refractivity contribution < 1.29 is 8.42 Å². The average molecular weight is 368 g/mol. The van der Waals surface area contributed by atoms with Crippen molar-refractivity contribution >= 4 is 37.6 Å². The lowest BCUT2D eigenvalue weighted by atomic mass is 10.1. The summed E-state index contributed by atoms with van der Waals surface area (Å²) in [6, 6.07) is 1.47. The third-order valence-electron chi connectivity index (χ3n) is 3.38. The lowest BCUT2D eigenvalue weighted by Gasteiger charge is -2.11. The third-order valence-corrected chi connectivity index (χ3v) is 5.70. The number of aromatic nitrogens is 1. The van der Waals surface area contributed by atoms with Crippen LogP contribution in [-0.4, -0.2) is 19.9 Å². The summed E-state index contributed by atoms with van der Waals surface area (Å²) >= 11 is 9.03. The molecule has 1 fully saturated rings. The molecule has 1 aromatic rings. The van der Waals surface area contributed by atoms with Crippen molar-refractivity contribution in [2.75, 3.05) is 6.54 Å². The SMILES string of the molecule is O=S(=O)(NCCC1CCCC1)c1cc(Br)cnc1Cl. The topological polar surface area (TPSA) is 59.1 Å². The first-order valence-electron chi connectivity index (χ1n) is 6.30. The molecule has 1 saturated carbocycles. The van der Waals surface area contributed by atoms with Crippen molar-refractivity contribution in [1.29, 1.82) is 0 Å². The molecule has 2 rings (SSSR count). The second-order valence-electron chi connectivity index (χ2n) is 4.78. The van der Waals surface area contributed by atoms with E-state index < -0.39 is 10.0 Å². The summed E-state index contributed by atoms with van der Waals surface area (Å²) in [4.78, 5) is 3.85. The molecule has 0 spiro atoms. The van der Waals surface area contributed by atoms with Gasteiger partial charge >= 0.3 is 0 Å².